The highest BCUT2D eigenvalue weighted by Crippen LogP contribution is 2.18. The molecule has 0 spiro atoms. The van der Waals surface area contributed by atoms with Crippen molar-refractivity contribution in [2.75, 3.05) is 32.8 Å². The van der Waals surface area contributed by atoms with Crippen LogP contribution in [0.5, 0.6) is 5.75 Å². The van der Waals surface area contributed by atoms with Gasteiger partial charge in [-0.25, -0.2) is 8.42 Å². The summed E-state index contributed by atoms with van der Waals surface area (Å²) in [5.74, 6) is 0.443. The minimum Gasteiger partial charge on any atom is -0.494 e. The number of rotatable bonds is 11. The number of nitrogens with one attached hydrogen (secondary N) is 1. The number of carbonyl (C=O) groups is 2. The van der Waals surface area contributed by atoms with Crippen LogP contribution in [0, 0.1) is 0 Å². The van der Waals surface area contributed by atoms with Gasteiger partial charge in [0.2, 0.25) is 21.8 Å². The van der Waals surface area contributed by atoms with Crippen molar-refractivity contribution in [1.82, 2.24) is 14.5 Å². The summed E-state index contributed by atoms with van der Waals surface area (Å²) in [6, 6.07) is 15.9. The Morgan fingerprint density at radius 1 is 0.971 bits per heavy atom. The third-order valence-corrected chi connectivity index (χ3v) is 7.61. The Labute approximate surface area is 201 Å². The molecule has 1 aliphatic rings. The molecule has 0 bridgehead atoms. The minimum atomic E-state index is -3.56. The third-order valence-electron chi connectivity index (χ3n) is 5.69. The van der Waals surface area contributed by atoms with Crippen molar-refractivity contribution in [2.45, 2.75) is 44.0 Å². The molecule has 2 amide bonds. The van der Waals surface area contributed by atoms with Crippen LogP contribution in [0.4, 0.5) is 0 Å². The van der Waals surface area contributed by atoms with E-state index >= 15 is 0 Å². The molecule has 1 N–H and O–H groups in total. The van der Waals surface area contributed by atoms with Crippen LogP contribution in [-0.4, -0.2) is 62.2 Å². The zero-order valence-corrected chi connectivity index (χ0v) is 20.4. The quantitative estimate of drug-likeness (QED) is 0.492. The van der Waals surface area contributed by atoms with E-state index in [1.165, 1.54) is 4.31 Å². The fraction of sp³-hybridized carbons (Fsp3) is 0.440. The van der Waals surface area contributed by atoms with Gasteiger partial charge in [0, 0.05) is 45.6 Å². The number of sulfonamides is 1. The van der Waals surface area contributed by atoms with Gasteiger partial charge in [-0.15, -0.1) is 0 Å². The van der Waals surface area contributed by atoms with E-state index in [-0.39, 0.29) is 42.6 Å². The maximum atomic E-state index is 12.7. The zero-order chi connectivity index (χ0) is 24.4. The average molecular weight is 488 g/mol. The molecule has 1 heterocycles. The average Bonchev–Trinajstić information content (AvgIpc) is 2.87. The number of amides is 2. The first-order valence-electron chi connectivity index (χ1n) is 11.7. The van der Waals surface area contributed by atoms with Crippen LogP contribution < -0.4 is 10.1 Å². The Morgan fingerprint density at radius 2 is 1.71 bits per heavy atom. The summed E-state index contributed by atoms with van der Waals surface area (Å²) >= 11 is 0. The van der Waals surface area contributed by atoms with Gasteiger partial charge in [-0.1, -0.05) is 43.7 Å². The smallest absolute Gasteiger partial charge is 0.243 e. The maximum Gasteiger partial charge on any atom is 0.243 e. The van der Waals surface area contributed by atoms with Gasteiger partial charge in [-0.2, -0.15) is 4.31 Å². The number of hydrogen-bond acceptors (Lipinski definition) is 5. The predicted molar refractivity (Wildman–Crippen MR) is 130 cm³/mol. The van der Waals surface area contributed by atoms with E-state index in [0.717, 1.165) is 24.2 Å². The first-order valence-corrected chi connectivity index (χ1v) is 13.2. The fourth-order valence-electron chi connectivity index (χ4n) is 3.67. The Bertz CT molecular complexity index is 1050. The van der Waals surface area contributed by atoms with Crippen molar-refractivity contribution in [3.8, 4) is 5.75 Å². The lowest BCUT2D eigenvalue weighted by Crippen LogP contribution is -2.50. The summed E-state index contributed by atoms with van der Waals surface area (Å²) in [4.78, 5) is 26.7. The molecule has 0 atom stereocenters. The number of piperazine rings is 1. The highest BCUT2D eigenvalue weighted by atomic mass is 32.2. The Morgan fingerprint density at radius 3 is 2.41 bits per heavy atom. The van der Waals surface area contributed by atoms with Crippen molar-refractivity contribution in [3.05, 3.63) is 60.2 Å². The highest BCUT2D eigenvalue weighted by Gasteiger charge is 2.29. The number of unbranched alkanes of at least 4 members (excludes halogenated alkanes) is 1. The van der Waals surface area contributed by atoms with Gasteiger partial charge in [0.25, 0.3) is 0 Å². The van der Waals surface area contributed by atoms with E-state index in [1.807, 2.05) is 24.3 Å². The van der Waals surface area contributed by atoms with E-state index in [2.05, 4.69) is 12.2 Å². The summed E-state index contributed by atoms with van der Waals surface area (Å²) in [5.41, 5.74) is 0.935. The largest absolute Gasteiger partial charge is 0.494 e. The molecule has 8 nitrogen and oxygen atoms in total. The molecule has 0 radical (unpaired) electrons. The second-order valence-corrected chi connectivity index (χ2v) is 10.2. The molecule has 34 heavy (non-hydrogen) atoms. The lowest BCUT2D eigenvalue weighted by atomic mass is 10.2. The topological polar surface area (TPSA) is 96.0 Å². The van der Waals surface area contributed by atoms with Gasteiger partial charge in [-0.05, 0) is 36.2 Å². The summed E-state index contributed by atoms with van der Waals surface area (Å²) < 4.78 is 32.5. The van der Waals surface area contributed by atoms with Gasteiger partial charge < -0.3 is 15.0 Å². The first kappa shape index (κ1) is 25.7. The normalized spacial score (nSPS) is 14.6. The van der Waals surface area contributed by atoms with Crippen LogP contribution in [0.25, 0.3) is 0 Å². The molecule has 2 aromatic rings. The molecule has 184 valence electrons. The molecule has 0 aromatic heterocycles. The van der Waals surface area contributed by atoms with Crippen molar-refractivity contribution in [2.24, 2.45) is 0 Å². The summed E-state index contributed by atoms with van der Waals surface area (Å²) in [6.45, 7) is 4.26. The molecule has 0 unspecified atom stereocenters. The van der Waals surface area contributed by atoms with E-state index in [9.17, 15) is 18.0 Å². The highest BCUT2D eigenvalue weighted by molar-refractivity contribution is 7.89. The van der Waals surface area contributed by atoms with Crippen LogP contribution in [0.2, 0.25) is 0 Å². The van der Waals surface area contributed by atoms with Gasteiger partial charge in [-0.3, -0.25) is 9.59 Å². The van der Waals surface area contributed by atoms with Gasteiger partial charge >= 0.3 is 0 Å². The lowest BCUT2D eigenvalue weighted by Gasteiger charge is -2.34. The van der Waals surface area contributed by atoms with E-state index < -0.39 is 10.0 Å². The molecule has 1 fully saturated rings. The molecule has 1 aliphatic heterocycles. The Hall–Kier alpha value is -2.91. The number of benzene rings is 2. The molecule has 3 rings (SSSR count). The number of carbonyl (C=O) groups excluding carboxylic acids is 2. The molecule has 0 aliphatic carbocycles. The molecule has 0 saturated carbocycles. The molecule has 9 heteroatoms. The van der Waals surface area contributed by atoms with Crippen molar-refractivity contribution < 1.29 is 22.7 Å². The SMILES string of the molecule is CCCCOc1cccc(CNC(=O)CCC(=O)N2CCN(S(=O)(=O)c3ccccc3)CC2)c1. The monoisotopic (exact) mass is 487 g/mol. The number of nitrogens with zero attached hydrogens (tertiary/aromatic N) is 2. The van der Waals surface area contributed by atoms with Crippen LogP contribution in [0.15, 0.2) is 59.5 Å². The van der Waals surface area contributed by atoms with E-state index in [4.69, 9.17) is 4.74 Å². The fourth-order valence-corrected chi connectivity index (χ4v) is 5.11. The molecular weight excluding hydrogens is 454 g/mol. The standard InChI is InChI=1S/C25H33N3O5S/c1-2-3-18-33-22-9-7-8-21(19-22)20-26-24(29)12-13-25(30)27-14-16-28(17-15-27)34(31,32)23-10-5-4-6-11-23/h4-11,19H,2-3,12-18,20H2,1H3,(H,26,29). The molecular formula is C25H33N3O5S. The van der Waals surface area contributed by atoms with Crippen molar-refractivity contribution in [3.63, 3.8) is 0 Å². The Balaban J connectivity index is 1.39. The van der Waals surface area contributed by atoms with Gasteiger partial charge in [0.15, 0.2) is 0 Å². The zero-order valence-electron chi connectivity index (χ0n) is 19.6. The summed E-state index contributed by atoms with van der Waals surface area (Å²) in [6.07, 6.45) is 2.25. The van der Waals surface area contributed by atoms with E-state index in [0.29, 0.717) is 26.2 Å². The predicted octanol–water partition coefficient (Wildman–Crippen LogP) is 2.80. The molecule has 2 aromatic carbocycles. The lowest BCUT2D eigenvalue weighted by molar-refractivity contribution is -0.134. The summed E-state index contributed by atoms with van der Waals surface area (Å²) in [5, 5.41) is 2.84. The summed E-state index contributed by atoms with van der Waals surface area (Å²) in [7, 11) is -3.56. The van der Waals surface area contributed by atoms with Crippen molar-refractivity contribution in [1.29, 1.82) is 0 Å². The number of hydrogen-bond donors (Lipinski definition) is 1. The van der Waals surface area contributed by atoms with Crippen LogP contribution >= 0.6 is 0 Å². The second-order valence-electron chi connectivity index (χ2n) is 8.22. The minimum absolute atomic E-state index is 0.0913. The van der Waals surface area contributed by atoms with E-state index in [1.54, 1.807) is 35.2 Å². The third kappa shape index (κ3) is 7.30. The number of ether oxygens (including phenoxy) is 1. The second kappa shape index (κ2) is 12.5. The van der Waals surface area contributed by atoms with Crippen LogP contribution in [0.3, 0.4) is 0 Å². The Kier molecular flexibility index (Phi) is 9.47. The van der Waals surface area contributed by atoms with Crippen LogP contribution in [-0.2, 0) is 26.2 Å². The van der Waals surface area contributed by atoms with Gasteiger partial charge in [0.1, 0.15) is 5.75 Å². The first-order chi connectivity index (χ1) is 16.4. The van der Waals surface area contributed by atoms with Crippen LogP contribution in [0.1, 0.15) is 38.2 Å². The van der Waals surface area contributed by atoms with Gasteiger partial charge in [0.05, 0.1) is 11.5 Å². The molecule has 1 saturated heterocycles. The van der Waals surface area contributed by atoms with Crippen molar-refractivity contribution >= 4 is 21.8 Å². The maximum absolute atomic E-state index is 12.7.